The molecule has 3 unspecified atom stereocenters. The molecular weight excluding hydrogens is 200 g/mol. The Kier molecular flexibility index (Phi) is 4.62. The predicted molar refractivity (Wildman–Crippen MR) is 66.7 cm³/mol. The lowest BCUT2D eigenvalue weighted by Gasteiger charge is -2.28. The number of likely N-dealkylation sites (N-methyl/N-ethyl adjacent to an activating group) is 1. The van der Waals surface area contributed by atoms with E-state index < -0.39 is 0 Å². The molecule has 0 spiro atoms. The Morgan fingerprint density at radius 1 is 1.31 bits per heavy atom. The highest BCUT2D eigenvalue weighted by molar-refractivity contribution is 4.87. The van der Waals surface area contributed by atoms with Gasteiger partial charge >= 0.3 is 0 Å². The zero-order valence-corrected chi connectivity index (χ0v) is 10.7. The minimum Gasteiger partial charge on any atom is -0.379 e. The molecule has 0 aliphatic carbocycles. The van der Waals surface area contributed by atoms with Gasteiger partial charge in [-0.15, -0.1) is 0 Å². The molecule has 0 aromatic heterocycles. The maximum Gasteiger partial charge on any atom is 0.0623 e. The van der Waals surface area contributed by atoms with Gasteiger partial charge in [0.15, 0.2) is 0 Å². The third-order valence-corrected chi connectivity index (χ3v) is 4.10. The second kappa shape index (κ2) is 5.99. The summed E-state index contributed by atoms with van der Waals surface area (Å²) in [6.07, 6.45) is 4.09. The van der Waals surface area contributed by atoms with Crippen LogP contribution in [-0.4, -0.2) is 49.8 Å². The first-order valence-electron chi connectivity index (χ1n) is 6.90. The van der Waals surface area contributed by atoms with Gasteiger partial charge in [0.1, 0.15) is 0 Å². The Hall–Kier alpha value is -0.120. The van der Waals surface area contributed by atoms with Crippen LogP contribution in [0, 0.1) is 5.92 Å². The van der Waals surface area contributed by atoms with Gasteiger partial charge in [-0.2, -0.15) is 0 Å². The fraction of sp³-hybridized carbons (Fsp3) is 1.00. The molecule has 2 aliphatic rings. The van der Waals surface area contributed by atoms with Crippen molar-refractivity contribution in [3.8, 4) is 0 Å². The maximum absolute atomic E-state index is 5.61. The molecule has 0 aromatic rings. The van der Waals surface area contributed by atoms with E-state index >= 15 is 0 Å². The largest absolute Gasteiger partial charge is 0.379 e. The molecule has 16 heavy (non-hydrogen) atoms. The molecule has 0 bridgehead atoms. The molecule has 3 heteroatoms. The summed E-state index contributed by atoms with van der Waals surface area (Å²) in [5.74, 6) is 0.701. The SMILES string of the molecule is CCNC1COCC1CN1CCCC1CC. The van der Waals surface area contributed by atoms with Gasteiger partial charge in [0.25, 0.3) is 0 Å². The van der Waals surface area contributed by atoms with Gasteiger partial charge in [-0.05, 0) is 32.4 Å². The van der Waals surface area contributed by atoms with Crippen LogP contribution in [0.1, 0.15) is 33.1 Å². The minimum absolute atomic E-state index is 0.586. The van der Waals surface area contributed by atoms with Crippen LogP contribution in [0.5, 0.6) is 0 Å². The Morgan fingerprint density at radius 2 is 2.19 bits per heavy atom. The molecule has 3 nitrogen and oxygen atoms in total. The van der Waals surface area contributed by atoms with Crippen LogP contribution in [0.4, 0.5) is 0 Å². The molecule has 0 saturated carbocycles. The van der Waals surface area contributed by atoms with E-state index in [0.717, 1.165) is 25.8 Å². The fourth-order valence-corrected chi connectivity index (χ4v) is 3.17. The Balaban J connectivity index is 1.83. The van der Waals surface area contributed by atoms with Gasteiger partial charge in [-0.1, -0.05) is 13.8 Å². The van der Waals surface area contributed by atoms with E-state index in [-0.39, 0.29) is 0 Å². The van der Waals surface area contributed by atoms with E-state index in [9.17, 15) is 0 Å². The number of hydrogen-bond donors (Lipinski definition) is 1. The van der Waals surface area contributed by atoms with Crippen LogP contribution < -0.4 is 5.32 Å². The Labute approximate surface area is 99.5 Å². The lowest BCUT2D eigenvalue weighted by molar-refractivity contribution is 0.161. The highest BCUT2D eigenvalue weighted by atomic mass is 16.5. The summed E-state index contributed by atoms with van der Waals surface area (Å²) in [6.45, 7) is 9.94. The Morgan fingerprint density at radius 3 is 2.94 bits per heavy atom. The fourth-order valence-electron chi connectivity index (χ4n) is 3.17. The standard InChI is InChI=1S/C13H26N2O/c1-3-12-6-5-7-15(12)8-11-9-16-10-13(11)14-4-2/h11-14H,3-10H2,1-2H3. The molecule has 2 aliphatic heterocycles. The van der Waals surface area contributed by atoms with Gasteiger partial charge in [0.05, 0.1) is 13.2 Å². The van der Waals surface area contributed by atoms with Crippen molar-refractivity contribution in [3.05, 3.63) is 0 Å². The van der Waals surface area contributed by atoms with Gasteiger partial charge < -0.3 is 10.1 Å². The van der Waals surface area contributed by atoms with Gasteiger partial charge in [0, 0.05) is 24.5 Å². The number of hydrogen-bond acceptors (Lipinski definition) is 3. The molecule has 2 saturated heterocycles. The summed E-state index contributed by atoms with van der Waals surface area (Å²) in [4.78, 5) is 2.68. The van der Waals surface area contributed by atoms with Crippen molar-refractivity contribution in [2.75, 3.05) is 32.8 Å². The number of ether oxygens (including phenoxy) is 1. The van der Waals surface area contributed by atoms with E-state index in [1.807, 2.05) is 0 Å². The molecule has 2 fully saturated rings. The van der Waals surface area contributed by atoms with Crippen molar-refractivity contribution in [2.45, 2.75) is 45.2 Å². The lowest BCUT2D eigenvalue weighted by atomic mass is 10.0. The summed E-state index contributed by atoms with van der Waals surface area (Å²) in [6, 6.07) is 1.42. The minimum atomic E-state index is 0.586. The maximum atomic E-state index is 5.61. The second-order valence-electron chi connectivity index (χ2n) is 5.16. The zero-order chi connectivity index (χ0) is 11.4. The normalized spacial score (nSPS) is 36.0. The molecule has 0 amide bonds. The summed E-state index contributed by atoms with van der Waals surface area (Å²) >= 11 is 0. The first kappa shape index (κ1) is 12.3. The van der Waals surface area contributed by atoms with Crippen LogP contribution in [0.25, 0.3) is 0 Å². The van der Waals surface area contributed by atoms with Crippen LogP contribution in [0.15, 0.2) is 0 Å². The first-order valence-corrected chi connectivity index (χ1v) is 6.90. The molecular formula is C13H26N2O. The van der Waals surface area contributed by atoms with E-state index in [2.05, 4.69) is 24.1 Å². The average Bonchev–Trinajstić information content (AvgIpc) is 2.89. The van der Waals surface area contributed by atoms with E-state index in [1.165, 1.54) is 32.4 Å². The van der Waals surface area contributed by atoms with Crippen molar-refractivity contribution >= 4 is 0 Å². The molecule has 1 N–H and O–H groups in total. The van der Waals surface area contributed by atoms with Crippen LogP contribution in [0.2, 0.25) is 0 Å². The van der Waals surface area contributed by atoms with E-state index in [0.29, 0.717) is 12.0 Å². The lowest BCUT2D eigenvalue weighted by Crippen LogP contribution is -2.43. The molecule has 0 aromatic carbocycles. The molecule has 2 heterocycles. The van der Waals surface area contributed by atoms with Crippen molar-refractivity contribution in [3.63, 3.8) is 0 Å². The van der Waals surface area contributed by atoms with E-state index in [1.54, 1.807) is 0 Å². The summed E-state index contributed by atoms with van der Waals surface area (Å²) in [7, 11) is 0. The molecule has 3 atom stereocenters. The van der Waals surface area contributed by atoms with Crippen molar-refractivity contribution < 1.29 is 4.74 Å². The molecule has 94 valence electrons. The summed E-state index contributed by atoms with van der Waals surface area (Å²) in [5, 5.41) is 3.55. The van der Waals surface area contributed by atoms with Crippen molar-refractivity contribution in [1.82, 2.24) is 10.2 Å². The molecule has 0 radical (unpaired) electrons. The van der Waals surface area contributed by atoms with Crippen LogP contribution in [0.3, 0.4) is 0 Å². The predicted octanol–water partition coefficient (Wildman–Crippen LogP) is 1.49. The summed E-state index contributed by atoms with van der Waals surface area (Å²) < 4.78 is 5.61. The summed E-state index contributed by atoms with van der Waals surface area (Å²) in [5.41, 5.74) is 0. The second-order valence-corrected chi connectivity index (χ2v) is 5.16. The van der Waals surface area contributed by atoms with Gasteiger partial charge in [-0.3, -0.25) is 4.90 Å². The number of nitrogens with one attached hydrogen (secondary N) is 1. The first-order chi connectivity index (χ1) is 7.85. The topological polar surface area (TPSA) is 24.5 Å². The number of nitrogens with zero attached hydrogens (tertiary/aromatic N) is 1. The Bertz CT molecular complexity index is 210. The van der Waals surface area contributed by atoms with Crippen molar-refractivity contribution in [2.24, 2.45) is 5.92 Å². The number of rotatable bonds is 5. The highest BCUT2D eigenvalue weighted by Gasteiger charge is 2.32. The quantitative estimate of drug-likeness (QED) is 0.768. The monoisotopic (exact) mass is 226 g/mol. The molecule has 2 rings (SSSR count). The van der Waals surface area contributed by atoms with Crippen LogP contribution >= 0.6 is 0 Å². The zero-order valence-electron chi connectivity index (χ0n) is 10.7. The smallest absolute Gasteiger partial charge is 0.0623 e. The third kappa shape index (κ3) is 2.76. The van der Waals surface area contributed by atoms with E-state index in [4.69, 9.17) is 4.74 Å². The average molecular weight is 226 g/mol. The van der Waals surface area contributed by atoms with Gasteiger partial charge in [-0.25, -0.2) is 0 Å². The highest BCUT2D eigenvalue weighted by Crippen LogP contribution is 2.24. The van der Waals surface area contributed by atoms with Gasteiger partial charge in [0.2, 0.25) is 0 Å². The van der Waals surface area contributed by atoms with Crippen LogP contribution in [-0.2, 0) is 4.74 Å². The third-order valence-electron chi connectivity index (χ3n) is 4.10. The number of likely N-dealkylation sites (tertiary alicyclic amines) is 1. The van der Waals surface area contributed by atoms with Crippen molar-refractivity contribution in [1.29, 1.82) is 0 Å².